The molecular formula is C21H24N2O4. The van der Waals surface area contributed by atoms with Gasteiger partial charge in [-0.05, 0) is 37.3 Å². The van der Waals surface area contributed by atoms with Crippen molar-refractivity contribution in [2.75, 3.05) is 20.3 Å². The third-order valence-electron chi connectivity index (χ3n) is 4.80. The summed E-state index contributed by atoms with van der Waals surface area (Å²) in [6, 6.07) is 11.0. The minimum atomic E-state index is -0.293. The van der Waals surface area contributed by atoms with Crippen LogP contribution in [-0.4, -0.2) is 48.9 Å². The average Bonchev–Trinajstić information content (AvgIpc) is 2.66. The Morgan fingerprint density at radius 3 is 2.33 bits per heavy atom. The summed E-state index contributed by atoms with van der Waals surface area (Å²) < 4.78 is 5.00. The summed E-state index contributed by atoms with van der Waals surface area (Å²) >= 11 is 0. The van der Waals surface area contributed by atoms with Gasteiger partial charge in [-0.1, -0.05) is 24.3 Å². The summed E-state index contributed by atoms with van der Waals surface area (Å²) in [6.45, 7) is 2.73. The van der Waals surface area contributed by atoms with Gasteiger partial charge in [-0.25, -0.2) is 0 Å². The van der Waals surface area contributed by atoms with Gasteiger partial charge in [0.1, 0.15) is 0 Å². The molecule has 1 unspecified atom stereocenters. The minimum absolute atomic E-state index is 0.0279. The van der Waals surface area contributed by atoms with Crippen molar-refractivity contribution in [3.63, 3.8) is 0 Å². The molecule has 0 aliphatic carbocycles. The molecule has 6 nitrogen and oxygen atoms in total. The summed E-state index contributed by atoms with van der Waals surface area (Å²) in [6.07, 6.45) is 1.44. The van der Waals surface area contributed by atoms with Crippen LogP contribution in [0.3, 0.4) is 0 Å². The van der Waals surface area contributed by atoms with Gasteiger partial charge in [0.05, 0.1) is 0 Å². The molecule has 3 amide bonds. The highest BCUT2D eigenvalue weighted by Gasteiger charge is 2.32. The van der Waals surface area contributed by atoms with E-state index < -0.39 is 0 Å². The fourth-order valence-electron chi connectivity index (χ4n) is 3.40. The van der Waals surface area contributed by atoms with E-state index in [4.69, 9.17) is 4.74 Å². The van der Waals surface area contributed by atoms with Crippen molar-refractivity contribution in [1.29, 1.82) is 0 Å². The van der Waals surface area contributed by atoms with Gasteiger partial charge in [0, 0.05) is 49.2 Å². The highest BCUT2D eigenvalue weighted by molar-refractivity contribution is 6.25. The van der Waals surface area contributed by atoms with Gasteiger partial charge in [0.2, 0.25) is 5.91 Å². The van der Waals surface area contributed by atoms with Gasteiger partial charge >= 0.3 is 0 Å². The maximum absolute atomic E-state index is 12.8. The van der Waals surface area contributed by atoms with Crippen LogP contribution in [0.5, 0.6) is 0 Å². The average molecular weight is 368 g/mol. The lowest BCUT2D eigenvalue weighted by molar-refractivity contribution is -0.121. The first-order valence-corrected chi connectivity index (χ1v) is 9.19. The Labute approximate surface area is 158 Å². The van der Waals surface area contributed by atoms with Crippen molar-refractivity contribution in [2.24, 2.45) is 0 Å². The van der Waals surface area contributed by atoms with Gasteiger partial charge in [-0.2, -0.15) is 0 Å². The standard InChI is InChI=1S/C21H24N2O4/c1-14(11-13-27-2)22-18(24)10-5-12-23-20(25)16-8-3-6-15-7-4-9-17(19(15)16)21(23)26/h3-4,6-9,14H,5,10-13H2,1-2H3,(H,22,24). The topological polar surface area (TPSA) is 75.7 Å². The zero-order valence-electron chi connectivity index (χ0n) is 15.7. The summed E-state index contributed by atoms with van der Waals surface area (Å²) in [5.41, 5.74) is 1.08. The molecule has 0 fully saturated rings. The monoisotopic (exact) mass is 368 g/mol. The lowest BCUT2D eigenvalue weighted by Gasteiger charge is -2.27. The fraction of sp³-hybridized carbons (Fsp3) is 0.381. The molecule has 0 saturated carbocycles. The molecule has 1 atom stereocenters. The Morgan fingerprint density at radius 2 is 1.74 bits per heavy atom. The van der Waals surface area contributed by atoms with Gasteiger partial charge in [0.15, 0.2) is 0 Å². The quantitative estimate of drug-likeness (QED) is 0.727. The number of methoxy groups -OCH3 is 1. The maximum atomic E-state index is 12.8. The predicted molar refractivity (Wildman–Crippen MR) is 103 cm³/mol. The van der Waals surface area contributed by atoms with E-state index in [1.54, 1.807) is 19.2 Å². The molecule has 142 valence electrons. The molecule has 1 heterocycles. The number of amides is 3. The third kappa shape index (κ3) is 4.01. The van der Waals surface area contributed by atoms with Crippen LogP contribution in [0.25, 0.3) is 10.8 Å². The molecule has 2 aromatic rings. The molecular weight excluding hydrogens is 344 g/mol. The number of carbonyl (C=O) groups is 3. The van der Waals surface area contributed by atoms with Gasteiger partial charge in [0.25, 0.3) is 11.8 Å². The highest BCUT2D eigenvalue weighted by atomic mass is 16.5. The number of imide groups is 1. The van der Waals surface area contributed by atoms with Crippen LogP contribution >= 0.6 is 0 Å². The Kier molecular flexibility index (Phi) is 5.86. The highest BCUT2D eigenvalue weighted by Crippen LogP contribution is 2.29. The van der Waals surface area contributed by atoms with Crippen molar-refractivity contribution in [3.8, 4) is 0 Å². The van der Waals surface area contributed by atoms with E-state index in [9.17, 15) is 14.4 Å². The van der Waals surface area contributed by atoms with Crippen LogP contribution in [-0.2, 0) is 9.53 Å². The number of nitrogens with one attached hydrogen (secondary N) is 1. The Balaban J connectivity index is 1.63. The van der Waals surface area contributed by atoms with Crippen LogP contribution in [0.15, 0.2) is 36.4 Å². The van der Waals surface area contributed by atoms with Crippen molar-refractivity contribution in [2.45, 2.75) is 32.2 Å². The van der Waals surface area contributed by atoms with E-state index in [0.29, 0.717) is 24.2 Å². The Bertz CT molecular complexity index is 827. The molecule has 27 heavy (non-hydrogen) atoms. The molecule has 1 N–H and O–H groups in total. The van der Waals surface area contributed by atoms with E-state index >= 15 is 0 Å². The largest absolute Gasteiger partial charge is 0.385 e. The van der Waals surface area contributed by atoms with Gasteiger partial charge in [-0.3, -0.25) is 19.3 Å². The van der Waals surface area contributed by atoms with E-state index in [-0.39, 0.29) is 36.7 Å². The van der Waals surface area contributed by atoms with E-state index in [2.05, 4.69) is 5.32 Å². The molecule has 0 bridgehead atoms. The maximum Gasteiger partial charge on any atom is 0.261 e. The number of hydrogen-bond acceptors (Lipinski definition) is 4. The van der Waals surface area contributed by atoms with Gasteiger partial charge in [-0.15, -0.1) is 0 Å². The van der Waals surface area contributed by atoms with Crippen molar-refractivity contribution in [3.05, 3.63) is 47.5 Å². The van der Waals surface area contributed by atoms with Crippen molar-refractivity contribution < 1.29 is 19.1 Å². The van der Waals surface area contributed by atoms with Crippen LogP contribution in [0.4, 0.5) is 0 Å². The smallest absolute Gasteiger partial charge is 0.261 e. The Hall–Kier alpha value is -2.73. The van der Waals surface area contributed by atoms with E-state index in [1.165, 1.54) is 4.90 Å². The SMILES string of the molecule is COCCC(C)NC(=O)CCCN1C(=O)c2cccc3cccc(c23)C1=O. The second-order valence-electron chi connectivity index (χ2n) is 6.82. The van der Waals surface area contributed by atoms with Crippen molar-refractivity contribution >= 4 is 28.5 Å². The summed E-state index contributed by atoms with van der Waals surface area (Å²) in [5, 5.41) is 4.50. The predicted octanol–water partition coefficient (Wildman–Crippen LogP) is 2.76. The molecule has 0 radical (unpaired) electrons. The number of benzene rings is 2. The molecule has 0 aromatic heterocycles. The first-order chi connectivity index (χ1) is 13.0. The summed E-state index contributed by atoms with van der Waals surface area (Å²) in [5.74, 6) is -0.672. The van der Waals surface area contributed by atoms with Gasteiger partial charge < -0.3 is 10.1 Å². The van der Waals surface area contributed by atoms with Crippen LogP contribution < -0.4 is 5.32 Å². The second kappa shape index (κ2) is 8.31. The molecule has 6 heteroatoms. The van der Waals surface area contributed by atoms with E-state index in [0.717, 1.165) is 17.2 Å². The lowest BCUT2D eigenvalue weighted by Crippen LogP contribution is -2.41. The van der Waals surface area contributed by atoms with E-state index in [1.807, 2.05) is 31.2 Å². The third-order valence-corrected chi connectivity index (χ3v) is 4.80. The van der Waals surface area contributed by atoms with Crippen LogP contribution in [0, 0.1) is 0 Å². The zero-order chi connectivity index (χ0) is 19.4. The molecule has 1 aliphatic heterocycles. The molecule has 0 saturated heterocycles. The number of ether oxygens (including phenoxy) is 1. The molecule has 3 rings (SSSR count). The number of hydrogen-bond donors (Lipinski definition) is 1. The number of carbonyl (C=O) groups excluding carboxylic acids is 3. The van der Waals surface area contributed by atoms with Crippen molar-refractivity contribution in [1.82, 2.24) is 10.2 Å². The Morgan fingerprint density at radius 1 is 1.11 bits per heavy atom. The molecule has 1 aliphatic rings. The lowest BCUT2D eigenvalue weighted by atomic mass is 9.94. The fourth-order valence-corrected chi connectivity index (χ4v) is 3.40. The summed E-state index contributed by atoms with van der Waals surface area (Å²) in [7, 11) is 1.62. The first kappa shape index (κ1) is 19.0. The molecule has 0 spiro atoms. The second-order valence-corrected chi connectivity index (χ2v) is 6.82. The minimum Gasteiger partial charge on any atom is -0.385 e. The molecule has 2 aromatic carbocycles. The van der Waals surface area contributed by atoms with Crippen LogP contribution in [0.2, 0.25) is 0 Å². The first-order valence-electron chi connectivity index (χ1n) is 9.19. The number of nitrogens with zero attached hydrogens (tertiary/aromatic N) is 1. The summed E-state index contributed by atoms with van der Waals surface area (Å²) in [4.78, 5) is 38.8. The van der Waals surface area contributed by atoms with Crippen LogP contribution in [0.1, 0.15) is 46.9 Å². The zero-order valence-corrected chi connectivity index (χ0v) is 15.7. The number of rotatable bonds is 8. The normalized spacial score (nSPS) is 14.5.